The van der Waals surface area contributed by atoms with Crippen molar-refractivity contribution in [3.8, 4) is 5.75 Å². The number of para-hydroxylation sites is 1. The van der Waals surface area contributed by atoms with E-state index in [4.69, 9.17) is 16.3 Å². The highest BCUT2D eigenvalue weighted by molar-refractivity contribution is 6.40. The van der Waals surface area contributed by atoms with Gasteiger partial charge in [-0.3, -0.25) is 14.4 Å². The van der Waals surface area contributed by atoms with Crippen molar-refractivity contribution >= 4 is 52.9 Å². The van der Waals surface area contributed by atoms with Gasteiger partial charge in [-0.1, -0.05) is 48.0 Å². The van der Waals surface area contributed by atoms with E-state index in [1.807, 2.05) is 25.1 Å². The highest BCUT2D eigenvalue weighted by Gasteiger charge is 2.18. The number of ether oxygens (including phenoxy) is 1. The van der Waals surface area contributed by atoms with E-state index in [0.717, 1.165) is 5.56 Å². The fourth-order valence-corrected chi connectivity index (χ4v) is 3.73. The Hall–Kier alpha value is -5.28. The molecule has 0 aromatic heterocycles. The maximum absolute atomic E-state index is 12.8. The van der Waals surface area contributed by atoms with E-state index in [1.54, 1.807) is 66.7 Å². The summed E-state index contributed by atoms with van der Waals surface area (Å²) in [7, 11) is 0. The average Bonchev–Trinajstić information content (AvgIpc) is 2.94. The van der Waals surface area contributed by atoms with Crippen LogP contribution in [0.3, 0.4) is 0 Å². The number of hydrogen-bond donors (Lipinski definition) is 3. The van der Waals surface area contributed by atoms with E-state index in [0.29, 0.717) is 11.3 Å². The predicted octanol–water partition coefficient (Wildman–Crippen LogP) is 5.21. The molecule has 9 nitrogen and oxygen atoms in total. The Morgan fingerprint density at radius 2 is 1.48 bits per heavy atom. The van der Waals surface area contributed by atoms with Crippen molar-refractivity contribution in [2.75, 3.05) is 10.6 Å². The van der Waals surface area contributed by atoms with E-state index >= 15 is 0 Å². The predicted molar refractivity (Wildman–Crippen MR) is 153 cm³/mol. The molecule has 0 bridgehead atoms. The van der Waals surface area contributed by atoms with Gasteiger partial charge in [-0.25, -0.2) is 10.2 Å². The van der Waals surface area contributed by atoms with Crippen LogP contribution >= 0.6 is 11.6 Å². The molecule has 0 fully saturated rings. The van der Waals surface area contributed by atoms with Crippen molar-refractivity contribution in [3.05, 3.63) is 124 Å². The van der Waals surface area contributed by atoms with Crippen LogP contribution in [0.5, 0.6) is 5.75 Å². The maximum atomic E-state index is 12.8. The van der Waals surface area contributed by atoms with Crippen LogP contribution in [0.25, 0.3) is 0 Å². The van der Waals surface area contributed by atoms with Gasteiger partial charge in [-0.05, 0) is 78.7 Å². The smallest absolute Gasteiger partial charge is 0.345 e. The van der Waals surface area contributed by atoms with Gasteiger partial charge in [0.1, 0.15) is 5.75 Å². The molecule has 0 unspecified atom stereocenters. The molecule has 0 saturated carbocycles. The zero-order chi connectivity index (χ0) is 28.5. The van der Waals surface area contributed by atoms with E-state index in [1.165, 1.54) is 18.3 Å². The zero-order valence-corrected chi connectivity index (χ0v) is 21.9. The molecule has 3 amide bonds. The second-order valence-electron chi connectivity index (χ2n) is 8.46. The van der Waals surface area contributed by atoms with Crippen LogP contribution in [0.1, 0.15) is 31.8 Å². The summed E-state index contributed by atoms with van der Waals surface area (Å²) in [6.07, 6.45) is 1.31. The molecule has 0 saturated heterocycles. The summed E-state index contributed by atoms with van der Waals surface area (Å²) in [5.74, 6) is -2.79. The number of hydrazone groups is 1. The van der Waals surface area contributed by atoms with Crippen molar-refractivity contribution < 1.29 is 23.9 Å². The summed E-state index contributed by atoms with van der Waals surface area (Å²) in [5, 5.41) is 9.28. The number of nitrogens with one attached hydrogen (secondary N) is 3. The third-order valence-corrected chi connectivity index (χ3v) is 5.80. The first-order chi connectivity index (χ1) is 19.3. The highest BCUT2D eigenvalue weighted by atomic mass is 35.5. The van der Waals surface area contributed by atoms with Crippen molar-refractivity contribution in [2.24, 2.45) is 5.10 Å². The second kappa shape index (κ2) is 13.0. The van der Waals surface area contributed by atoms with Gasteiger partial charge in [0.2, 0.25) is 0 Å². The number of anilines is 2. The molecule has 0 aliphatic carbocycles. The first kappa shape index (κ1) is 27.7. The monoisotopic (exact) mass is 554 g/mol. The number of rotatable bonds is 7. The molecule has 0 spiro atoms. The van der Waals surface area contributed by atoms with Crippen LogP contribution in [-0.2, 0) is 9.59 Å². The molecule has 10 heteroatoms. The fraction of sp³-hybridized carbons (Fsp3) is 0.0333. The summed E-state index contributed by atoms with van der Waals surface area (Å²) >= 11 is 6.02. The van der Waals surface area contributed by atoms with Crippen molar-refractivity contribution in [2.45, 2.75) is 6.92 Å². The van der Waals surface area contributed by atoms with Gasteiger partial charge in [-0.15, -0.1) is 0 Å². The summed E-state index contributed by atoms with van der Waals surface area (Å²) in [6.45, 7) is 1.90. The number of amides is 3. The second-order valence-corrected chi connectivity index (χ2v) is 8.87. The summed E-state index contributed by atoms with van der Waals surface area (Å²) in [6, 6.07) is 26.4. The fourth-order valence-electron chi connectivity index (χ4n) is 3.52. The molecule has 200 valence electrons. The molecule has 0 radical (unpaired) electrons. The molecule has 40 heavy (non-hydrogen) atoms. The van der Waals surface area contributed by atoms with Crippen LogP contribution in [0.4, 0.5) is 11.4 Å². The molecule has 0 heterocycles. The number of esters is 1. The Labute approximate surface area is 234 Å². The third-order valence-electron chi connectivity index (χ3n) is 5.47. The number of carbonyl (C=O) groups excluding carboxylic acids is 4. The van der Waals surface area contributed by atoms with Crippen molar-refractivity contribution in [1.29, 1.82) is 0 Å². The van der Waals surface area contributed by atoms with Gasteiger partial charge in [-0.2, -0.15) is 5.10 Å². The molecule has 0 aliphatic heterocycles. The lowest BCUT2D eigenvalue weighted by Crippen LogP contribution is -2.33. The van der Waals surface area contributed by atoms with Gasteiger partial charge < -0.3 is 15.4 Å². The minimum absolute atomic E-state index is 0.165. The third kappa shape index (κ3) is 7.40. The maximum Gasteiger partial charge on any atom is 0.345 e. The molecule has 0 aliphatic rings. The topological polar surface area (TPSA) is 126 Å². The Bertz CT molecular complexity index is 1600. The first-order valence-corrected chi connectivity index (χ1v) is 12.4. The quantitative estimate of drug-likeness (QED) is 0.0950. The molecular weight excluding hydrogens is 532 g/mol. The zero-order valence-electron chi connectivity index (χ0n) is 21.2. The molecule has 4 aromatic carbocycles. The SMILES string of the molecule is Cc1cccc(NC(=O)c2ccccc2NC(=O)C(=O)N/N=C\c2ccc(OC(=O)c3ccccc3Cl)cc2)c1. The largest absolute Gasteiger partial charge is 0.423 e. The molecule has 4 aromatic rings. The first-order valence-electron chi connectivity index (χ1n) is 12.0. The van der Waals surface area contributed by atoms with Gasteiger partial charge >= 0.3 is 17.8 Å². The summed E-state index contributed by atoms with van der Waals surface area (Å²) < 4.78 is 5.31. The standard InChI is InChI=1S/C30H23ClN4O5/c1-19-7-6-8-21(17-19)33-27(36)24-10-3-5-12-26(24)34-28(37)29(38)35-32-18-20-13-15-22(16-14-20)40-30(39)23-9-2-4-11-25(23)31/h2-18H,1H3,(H,33,36)(H,34,37)(H,35,38)/b32-18-. The Morgan fingerprint density at radius 1 is 0.775 bits per heavy atom. The van der Waals surface area contributed by atoms with E-state index in [9.17, 15) is 19.2 Å². The summed E-state index contributed by atoms with van der Waals surface area (Å²) in [5.41, 5.74) is 4.87. The Balaban J connectivity index is 1.31. The lowest BCUT2D eigenvalue weighted by atomic mass is 10.1. The number of carbonyl (C=O) groups is 4. The van der Waals surface area contributed by atoms with Crippen LogP contribution < -0.4 is 20.8 Å². The minimum Gasteiger partial charge on any atom is -0.423 e. The van der Waals surface area contributed by atoms with E-state index < -0.39 is 23.7 Å². The number of nitrogens with zero attached hydrogens (tertiary/aromatic N) is 1. The molecule has 3 N–H and O–H groups in total. The van der Waals surface area contributed by atoms with E-state index in [-0.39, 0.29) is 27.6 Å². The molecule has 4 rings (SSSR count). The number of halogens is 1. The van der Waals surface area contributed by atoms with Crippen molar-refractivity contribution in [3.63, 3.8) is 0 Å². The summed E-state index contributed by atoms with van der Waals surface area (Å²) in [4.78, 5) is 49.8. The van der Waals surface area contributed by atoms with Gasteiger partial charge in [0, 0.05) is 5.69 Å². The number of hydrogen-bond acceptors (Lipinski definition) is 6. The molecular formula is C30H23ClN4O5. The van der Waals surface area contributed by atoms with Crippen LogP contribution in [0.2, 0.25) is 5.02 Å². The normalized spacial score (nSPS) is 10.6. The Morgan fingerprint density at radius 3 is 2.20 bits per heavy atom. The Kier molecular flexibility index (Phi) is 9.01. The minimum atomic E-state index is -1.03. The number of aryl methyl sites for hydroxylation is 1. The average molecular weight is 555 g/mol. The highest BCUT2D eigenvalue weighted by Crippen LogP contribution is 2.20. The van der Waals surface area contributed by atoms with Crippen molar-refractivity contribution in [1.82, 2.24) is 5.43 Å². The lowest BCUT2D eigenvalue weighted by molar-refractivity contribution is -0.136. The van der Waals surface area contributed by atoms with Gasteiger partial charge in [0.15, 0.2) is 0 Å². The van der Waals surface area contributed by atoms with E-state index in [2.05, 4.69) is 21.2 Å². The lowest BCUT2D eigenvalue weighted by Gasteiger charge is -2.11. The number of benzene rings is 4. The van der Waals surface area contributed by atoms with Crippen LogP contribution in [-0.4, -0.2) is 29.9 Å². The van der Waals surface area contributed by atoms with Crippen LogP contribution in [0.15, 0.2) is 102 Å². The van der Waals surface area contributed by atoms with Gasteiger partial charge in [0.25, 0.3) is 5.91 Å². The van der Waals surface area contributed by atoms with Crippen LogP contribution in [0, 0.1) is 6.92 Å². The van der Waals surface area contributed by atoms with Gasteiger partial charge in [0.05, 0.1) is 28.1 Å². The molecule has 0 atom stereocenters.